The highest BCUT2D eigenvalue weighted by atomic mass is 14.7. The van der Waals surface area contributed by atoms with Gasteiger partial charge < -0.3 is 5.73 Å². The molecule has 3 aromatic rings. The molecule has 2 N–H and O–H groups in total. The van der Waals surface area contributed by atoms with Gasteiger partial charge in [0.05, 0.1) is 11.2 Å². The van der Waals surface area contributed by atoms with Gasteiger partial charge in [-0.2, -0.15) is 0 Å². The van der Waals surface area contributed by atoms with Gasteiger partial charge in [0.15, 0.2) is 0 Å². The van der Waals surface area contributed by atoms with Gasteiger partial charge >= 0.3 is 0 Å². The van der Waals surface area contributed by atoms with Crippen LogP contribution in [0.3, 0.4) is 0 Å². The van der Waals surface area contributed by atoms with E-state index >= 15 is 0 Å². The average Bonchev–Trinajstić information content (AvgIpc) is 2.54. The number of rotatable bonds is 3. The van der Waals surface area contributed by atoms with E-state index in [1.54, 1.807) is 0 Å². The van der Waals surface area contributed by atoms with Crippen molar-refractivity contribution in [1.29, 1.82) is 0 Å². The lowest BCUT2D eigenvalue weighted by atomic mass is 9.70. The van der Waals surface area contributed by atoms with Gasteiger partial charge in [0.2, 0.25) is 0 Å². The molecule has 2 nitrogen and oxygen atoms in total. The van der Waals surface area contributed by atoms with E-state index in [0.29, 0.717) is 11.8 Å². The Kier molecular flexibility index (Phi) is 3.39. The fourth-order valence-electron chi connectivity index (χ4n) is 3.39. The van der Waals surface area contributed by atoms with E-state index in [1.165, 1.54) is 29.4 Å². The number of benzene rings is 2. The van der Waals surface area contributed by atoms with Gasteiger partial charge in [-0.15, -0.1) is 0 Å². The van der Waals surface area contributed by atoms with Crippen LogP contribution in [0.4, 0.5) is 0 Å². The van der Waals surface area contributed by atoms with Crippen molar-refractivity contribution < 1.29 is 0 Å². The van der Waals surface area contributed by atoms with E-state index < -0.39 is 0 Å². The van der Waals surface area contributed by atoms with E-state index in [1.807, 2.05) is 18.2 Å². The number of pyridine rings is 1. The molecule has 0 bridgehead atoms. The van der Waals surface area contributed by atoms with E-state index in [9.17, 15) is 0 Å². The molecule has 1 radical (unpaired) electrons. The Morgan fingerprint density at radius 2 is 1.95 bits per heavy atom. The first-order valence-corrected chi connectivity index (χ1v) is 7.91. The molecule has 1 aromatic heterocycles. The molecule has 4 rings (SSSR count). The third kappa shape index (κ3) is 2.30. The maximum absolute atomic E-state index is 5.79. The van der Waals surface area contributed by atoms with Crippen LogP contribution >= 0.6 is 0 Å². The molecular weight excluding hydrogens is 268 g/mol. The highest BCUT2D eigenvalue weighted by Gasteiger charge is 2.31. The van der Waals surface area contributed by atoms with Gasteiger partial charge in [0, 0.05) is 10.9 Å². The number of nitrogens with zero attached hydrogens (tertiary/aromatic N) is 1. The van der Waals surface area contributed by atoms with E-state index in [0.717, 1.165) is 17.8 Å². The van der Waals surface area contributed by atoms with Crippen molar-refractivity contribution >= 4 is 10.9 Å². The first kappa shape index (κ1) is 13.5. The molecule has 1 aliphatic rings. The lowest BCUT2D eigenvalue weighted by Gasteiger charge is -2.36. The minimum atomic E-state index is 0.588. The van der Waals surface area contributed by atoms with Gasteiger partial charge in [0.1, 0.15) is 0 Å². The molecule has 1 aliphatic carbocycles. The highest BCUT2D eigenvalue weighted by molar-refractivity contribution is 5.83. The van der Waals surface area contributed by atoms with Crippen LogP contribution in [0.15, 0.2) is 54.6 Å². The van der Waals surface area contributed by atoms with Crippen LogP contribution in [0.2, 0.25) is 0 Å². The summed E-state index contributed by atoms with van der Waals surface area (Å²) in [6, 6.07) is 21.9. The molecule has 22 heavy (non-hydrogen) atoms. The third-order valence-electron chi connectivity index (χ3n) is 4.75. The minimum Gasteiger partial charge on any atom is -0.330 e. The molecule has 1 heterocycles. The molecular formula is C20H19N2. The van der Waals surface area contributed by atoms with Gasteiger partial charge in [0.25, 0.3) is 0 Å². The van der Waals surface area contributed by atoms with Crippen molar-refractivity contribution in [2.75, 3.05) is 6.54 Å². The summed E-state index contributed by atoms with van der Waals surface area (Å²) in [4.78, 5) is 4.94. The summed E-state index contributed by atoms with van der Waals surface area (Å²) in [7, 11) is 0. The second kappa shape index (κ2) is 5.54. The minimum absolute atomic E-state index is 0.588. The second-order valence-electron chi connectivity index (χ2n) is 6.18. The molecule has 0 unspecified atom stereocenters. The van der Waals surface area contributed by atoms with Crippen LogP contribution in [-0.4, -0.2) is 11.5 Å². The predicted octanol–water partition coefficient (Wildman–Crippen LogP) is 4.15. The van der Waals surface area contributed by atoms with Crippen LogP contribution in [0.5, 0.6) is 0 Å². The average molecular weight is 287 g/mol. The largest absolute Gasteiger partial charge is 0.330 e. The fourth-order valence-corrected chi connectivity index (χ4v) is 3.39. The highest BCUT2D eigenvalue weighted by Crippen LogP contribution is 2.44. The van der Waals surface area contributed by atoms with Crippen LogP contribution < -0.4 is 5.73 Å². The summed E-state index contributed by atoms with van der Waals surface area (Å²) in [5, 5.41) is 1.20. The number of nitrogens with two attached hydrogens (primary N) is 1. The summed E-state index contributed by atoms with van der Waals surface area (Å²) in [5.41, 5.74) is 10.5. The number of hydrogen-bond acceptors (Lipinski definition) is 2. The number of aromatic nitrogens is 1. The van der Waals surface area contributed by atoms with Gasteiger partial charge in [-0.1, -0.05) is 42.5 Å². The van der Waals surface area contributed by atoms with Crippen molar-refractivity contribution in [3.05, 3.63) is 66.2 Å². The Morgan fingerprint density at radius 1 is 1.14 bits per heavy atom. The zero-order valence-electron chi connectivity index (χ0n) is 12.5. The zero-order valence-corrected chi connectivity index (χ0v) is 12.5. The van der Waals surface area contributed by atoms with Crippen LogP contribution in [0.25, 0.3) is 22.2 Å². The number of hydrogen-bond donors (Lipinski definition) is 1. The smallest absolute Gasteiger partial charge is 0.0744 e. The van der Waals surface area contributed by atoms with Gasteiger partial charge in [-0.25, -0.2) is 4.98 Å². The molecule has 0 atom stereocenters. The topological polar surface area (TPSA) is 38.9 Å². The van der Waals surface area contributed by atoms with Crippen LogP contribution in [0.1, 0.15) is 24.3 Å². The first-order chi connectivity index (χ1) is 10.8. The molecule has 1 fully saturated rings. The molecule has 2 aromatic carbocycles. The Morgan fingerprint density at radius 3 is 2.73 bits per heavy atom. The Labute approximate surface area is 131 Å². The molecule has 1 saturated carbocycles. The summed E-state index contributed by atoms with van der Waals surface area (Å²) in [5.74, 6) is 1.26. The van der Waals surface area contributed by atoms with Crippen molar-refractivity contribution in [2.45, 2.75) is 18.8 Å². The maximum atomic E-state index is 5.79. The fraction of sp³-hybridized carbons (Fsp3) is 0.250. The van der Waals surface area contributed by atoms with Crippen LogP contribution in [0, 0.1) is 12.0 Å². The second-order valence-corrected chi connectivity index (χ2v) is 6.18. The summed E-state index contributed by atoms with van der Waals surface area (Å²) in [6.45, 7) is 0.799. The molecule has 0 aliphatic heterocycles. The standard InChI is InChI=1S/C20H19N2/c21-13-14-10-17(11-14)18-12-16-8-4-5-9-19(16)22-20(18)15-6-2-1-3-7-15/h1-4,6-9,12,14,17H,10-11,13,21H2. The molecule has 0 saturated heterocycles. The Bertz CT molecular complexity index is 789. The third-order valence-corrected chi connectivity index (χ3v) is 4.75. The monoisotopic (exact) mass is 287 g/mol. The Balaban J connectivity index is 1.85. The SMILES string of the molecule is NCC1CC(c2cc3cc[c]cc3nc2-c2ccccc2)C1. The summed E-state index contributed by atoms with van der Waals surface area (Å²) < 4.78 is 0. The zero-order chi connectivity index (χ0) is 14.9. The molecule has 0 spiro atoms. The van der Waals surface area contributed by atoms with Crippen molar-refractivity contribution in [2.24, 2.45) is 11.7 Å². The predicted molar refractivity (Wildman–Crippen MR) is 90.5 cm³/mol. The molecule has 109 valence electrons. The van der Waals surface area contributed by atoms with E-state index in [2.05, 4.69) is 42.5 Å². The van der Waals surface area contributed by atoms with Crippen molar-refractivity contribution in [3.8, 4) is 11.3 Å². The number of fused-ring (bicyclic) bond motifs is 1. The van der Waals surface area contributed by atoms with E-state index in [-0.39, 0.29) is 0 Å². The van der Waals surface area contributed by atoms with E-state index in [4.69, 9.17) is 10.7 Å². The Hall–Kier alpha value is -2.19. The lowest BCUT2D eigenvalue weighted by Crippen LogP contribution is -2.28. The maximum Gasteiger partial charge on any atom is 0.0744 e. The molecule has 0 amide bonds. The summed E-state index contributed by atoms with van der Waals surface area (Å²) in [6.07, 6.45) is 2.37. The quantitative estimate of drug-likeness (QED) is 0.785. The van der Waals surface area contributed by atoms with Crippen molar-refractivity contribution in [3.63, 3.8) is 0 Å². The first-order valence-electron chi connectivity index (χ1n) is 7.91. The van der Waals surface area contributed by atoms with Gasteiger partial charge in [-0.05, 0) is 55.0 Å². The van der Waals surface area contributed by atoms with Gasteiger partial charge in [-0.3, -0.25) is 0 Å². The normalized spacial score (nSPS) is 20.8. The lowest BCUT2D eigenvalue weighted by molar-refractivity contribution is 0.272. The van der Waals surface area contributed by atoms with Crippen LogP contribution in [-0.2, 0) is 0 Å². The molecule has 2 heteroatoms. The summed E-state index contributed by atoms with van der Waals surface area (Å²) >= 11 is 0. The van der Waals surface area contributed by atoms with Crippen molar-refractivity contribution in [1.82, 2.24) is 4.98 Å².